The first-order chi connectivity index (χ1) is 11.0. The number of amides is 1. The van der Waals surface area contributed by atoms with Crippen LogP contribution in [0.15, 0.2) is 36.4 Å². The Labute approximate surface area is 144 Å². The van der Waals surface area contributed by atoms with Crippen LogP contribution < -0.4 is 20.1 Å². The van der Waals surface area contributed by atoms with Gasteiger partial charge in [0.05, 0.1) is 37.2 Å². The Bertz CT molecular complexity index is 708. The Hall–Kier alpha value is -2.11. The van der Waals surface area contributed by atoms with Crippen molar-refractivity contribution in [3.05, 3.63) is 46.4 Å². The second kappa shape index (κ2) is 7.94. The number of carbonyl (C=O) groups is 1. The number of ether oxygens (including phenoxy) is 2. The van der Waals surface area contributed by atoms with E-state index in [1.165, 1.54) is 0 Å². The van der Waals surface area contributed by atoms with E-state index in [4.69, 9.17) is 32.7 Å². The normalized spacial score (nSPS) is 10.1. The fourth-order valence-electron chi connectivity index (χ4n) is 1.91. The highest BCUT2D eigenvalue weighted by Crippen LogP contribution is 2.29. The maximum absolute atomic E-state index is 12.0. The summed E-state index contributed by atoms with van der Waals surface area (Å²) in [5, 5.41) is 6.60. The summed E-state index contributed by atoms with van der Waals surface area (Å²) in [5.74, 6) is 1.02. The van der Waals surface area contributed by atoms with Gasteiger partial charge in [-0.1, -0.05) is 23.2 Å². The molecule has 0 saturated carbocycles. The second-order valence-electron chi connectivity index (χ2n) is 4.59. The van der Waals surface area contributed by atoms with E-state index in [0.717, 1.165) is 0 Å². The van der Waals surface area contributed by atoms with E-state index in [9.17, 15) is 4.79 Å². The molecule has 2 aromatic rings. The molecule has 2 aromatic carbocycles. The molecule has 0 aliphatic carbocycles. The summed E-state index contributed by atoms with van der Waals surface area (Å²) in [6, 6.07) is 10.2. The van der Waals surface area contributed by atoms with Gasteiger partial charge in [-0.2, -0.15) is 0 Å². The number of hydrogen-bond donors (Lipinski definition) is 2. The minimum Gasteiger partial charge on any atom is -0.497 e. The molecule has 0 unspecified atom stereocenters. The van der Waals surface area contributed by atoms with Crippen molar-refractivity contribution in [3.63, 3.8) is 0 Å². The Balaban J connectivity index is 2.01. The number of rotatable bonds is 6. The van der Waals surface area contributed by atoms with Crippen LogP contribution in [-0.2, 0) is 4.79 Å². The van der Waals surface area contributed by atoms with Crippen LogP contribution in [0.4, 0.5) is 11.4 Å². The third kappa shape index (κ3) is 4.68. The number of anilines is 2. The fraction of sp³-hybridized carbons (Fsp3) is 0.188. The van der Waals surface area contributed by atoms with Crippen LogP contribution in [0.2, 0.25) is 10.0 Å². The van der Waals surface area contributed by atoms with Gasteiger partial charge in [-0.05, 0) is 30.3 Å². The summed E-state index contributed by atoms with van der Waals surface area (Å²) in [7, 11) is 3.13. The molecular weight excluding hydrogens is 339 g/mol. The molecule has 1 amide bonds. The van der Waals surface area contributed by atoms with Gasteiger partial charge in [-0.3, -0.25) is 4.79 Å². The Morgan fingerprint density at radius 3 is 2.48 bits per heavy atom. The second-order valence-corrected chi connectivity index (χ2v) is 5.44. The largest absolute Gasteiger partial charge is 0.497 e. The predicted molar refractivity (Wildman–Crippen MR) is 93.1 cm³/mol. The van der Waals surface area contributed by atoms with Crippen molar-refractivity contribution in [2.75, 3.05) is 31.4 Å². The van der Waals surface area contributed by atoms with Gasteiger partial charge in [0.25, 0.3) is 0 Å². The lowest BCUT2D eigenvalue weighted by Gasteiger charge is -2.13. The van der Waals surface area contributed by atoms with Crippen molar-refractivity contribution >= 4 is 40.5 Å². The molecule has 0 heterocycles. The van der Waals surface area contributed by atoms with E-state index in [-0.39, 0.29) is 12.5 Å². The molecule has 5 nitrogen and oxygen atoms in total. The zero-order valence-corrected chi connectivity index (χ0v) is 14.2. The molecule has 0 spiro atoms. The molecule has 0 fully saturated rings. The molecule has 0 radical (unpaired) electrons. The van der Waals surface area contributed by atoms with Crippen molar-refractivity contribution in [2.24, 2.45) is 0 Å². The van der Waals surface area contributed by atoms with Crippen LogP contribution in [0.5, 0.6) is 11.5 Å². The Kier molecular flexibility index (Phi) is 5.96. The zero-order valence-electron chi connectivity index (χ0n) is 12.7. The minimum atomic E-state index is -0.251. The maximum atomic E-state index is 12.0. The van der Waals surface area contributed by atoms with Gasteiger partial charge in [0.1, 0.15) is 11.5 Å². The molecule has 2 rings (SSSR count). The average molecular weight is 355 g/mol. The van der Waals surface area contributed by atoms with Crippen LogP contribution in [-0.4, -0.2) is 26.7 Å². The van der Waals surface area contributed by atoms with E-state index < -0.39 is 0 Å². The monoisotopic (exact) mass is 354 g/mol. The molecule has 0 aliphatic heterocycles. The van der Waals surface area contributed by atoms with Gasteiger partial charge < -0.3 is 20.1 Å². The summed E-state index contributed by atoms with van der Waals surface area (Å²) >= 11 is 11.8. The predicted octanol–water partition coefficient (Wildman–Crippen LogP) is 4.06. The standard InChI is InChI=1S/C16H16Cl2N2O3/c1-22-11-4-6-15(23-2)14(8-11)19-9-16(21)20-13-5-3-10(17)7-12(13)18/h3-8,19H,9H2,1-2H3,(H,20,21). The smallest absolute Gasteiger partial charge is 0.243 e. The van der Waals surface area contributed by atoms with Crippen LogP contribution in [0, 0.1) is 0 Å². The quantitative estimate of drug-likeness (QED) is 0.820. The number of benzene rings is 2. The molecule has 0 aromatic heterocycles. The first-order valence-electron chi connectivity index (χ1n) is 6.74. The SMILES string of the molecule is COc1ccc(OC)c(NCC(=O)Nc2ccc(Cl)cc2Cl)c1. The summed E-state index contributed by atoms with van der Waals surface area (Å²) in [5.41, 5.74) is 1.16. The number of hydrogen-bond acceptors (Lipinski definition) is 4. The van der Waals surface area contributed by atoms with Crippen LogP contribution in [0.25, 0.3) is 0 Å². The lowest BCUT2D eigenvalue weighted by atomic mass is 10.2. The number of carbonyl (C=O) groups excluding carboxylic acids is 1. The first kappa shape index (κ1) is 17.2. The zero-order chi connectivity index (χ0) is 16.8. The average Bonchev–Trinajstić information content (AvgIpc) is 2.55. The lowest BCUT2D eigenvalue weighted by molar-refractivity contribution is -0.114. The summed E-state index contributed by atoms with van der Waals surface area (Å²) in [4.78, 5) is 12.0. The molecule has 2 N–H and O–H groups in total. The third-order valence-electron chi connectivity index (χ3n) is 3.05. The van der Waals surface area contributed by atoms with Crippen molar-refractivity contribution < 1.29 is 14.3 Å². The van der Waals surface area contributed by atoms with E-state index in [1.807, 2.05) is 0 Å². The first-order valence-corrected chi connectivity index (χ1v) is 7.50. The van der Waals surface area contributed by atoms with E-state index in [1.54, 1.807) is 50.6 Å². The molecule has 0 saturated heterocycles. The number of nitrogens with one attached hydrogen (secondary N) is 2. The molecule has 0 atom stereocenters. The van der Waals surface area contributed by atoms with Gasteiger partial charge >= 0.3 is 0 Å². The molecule has 23 heavy (non-hydrogen) atoms. The molecule has 122 valence electrons. The summed E-state index contributed by atoms with van der Waals surface area (Å²) < 4.78 is 10.4. The van der Waals surface area contributed by atoms with Crippen molar-refractivity contribution in [3.8, 4) is 11.5 Å². The lowest BCUT2D eigenvalue weighted by Crippen LogP contribution is -2.22. The van der Waals surface area contributed by atoms with E-state index in [0.29, 0.717) is 32.9 Å². The summed E-state index contributed by atoms with van der Waals surface area (Å²) in [6.07, 6.45) is 0. The Morgan fingerprint density at radius 1 is 1.04 bits per heavy atom. The van der Waals surface area contributed by atoms with Crippen molar-refractivity contribution in [1.29, 1.82) is 0 Å². The maximum Gasteiger partial charge on any atom is 0.243 e. The van der Waals surface area contributed by atoms with Crippen molar-refractivity contribution in [1.82, 2.24) is 0 Å². The van der Waals surface area contributed by atoms with Crippen molar-refractivity contribution in [2.45, 2.75) is 0 Å². The minimum absolute atomic E-state index is 0.0441. The Morgan fingerprint density at radius 2 is 1.83 bits per heavy atom. The fourth-order valence-corrected chi connectivity index (χ4v) is 2.37. The van der Waals surface area contributed by atoms with Gasteiger partial charge in [0, 0.05) is 11.1 Å². The highest BCUT2D eigenvalue weighted by Gasteiger charge is 2.09. The number of methoxy groups -OCH3 is 2. The van der Waals surface area contributed by atoms with Gasteiger partial charge in [-0.15, -0.1) is 0 Å². The third-order valence-corrected chi connectivity index (χ3v) is 3.60. The van der Waals surface area contributed by atoms with Crippen LogP contribution in [0.1, 0.15) is 0 Å². The van der Waals surface area contributed by atoms with Crippen LogP contribution >= 0.6 is 23.2 Å². The van der Waals surface area contributed by atoms with Gasteiger partial charge in [0.15, 0.2) is 0 Å². The van der Waals surface area contributed by atoms with Gasteiger partial charge in [-0.25, -0.2) is 0 Å². The molecular formula is C16H16Cl2N2O3. The van der Waals surface area contributed by atoms with Gasteiger partial charge in [0.2, 0.25) is 5.91 Å². The number of halogens is 2. The molecule has 0 bridgehead atoms. The van der Waals surface area contributed by atoms with Crippen LogP contribution in [0.3, 0.4) is 0 Å². The highest BCUT2D eigenvalue weighted by atomic mass is 35.5. The molecule has 7 heteroatoms. The van der Waals surface area contributed by atoms with E-state index >= 15 is 0 Å². The molecule has 0 aliphatic rings. The summed E-state index contributed by atoms with van der Waals surface area (Å²) in [6.45, 7) is 0.0441. The topological polar surface area (TPSA) is 59.6 Å². The van der Waals surface area contributed by atoms with E-state index in [2.05, 4.69) is 10.6 Å². The highest BCUT2D eigenvalue weighted by molar-refractivity contribution is 6.36.